The van der Waals surface area contributed by atoms with Crippen LogP contribution in [0.15, 0.2) is 34.7 Å². The van der Waals surface area contributed by atoms with E-state index >= 15 is 0 Å². The van der Waals surface area contributed by atoms with Crippen molar-refractivity contribution in [2.45, 2.75) is 39.7 Å². The van der Waals surface area contributed by atoms with Crippen molar-refractivity contribution in [3.63, 3.8) is 0 Å². The summed E-state index contributed by atoms with van der Waals surface area (Å²) in [7, 11) is 0. The molecule has 1 unspecified atom stereocenters. The molecule has 2 aromatic rings. The van der Waals surface area contributed by atoms with Crippen LogP contribution in [0.25, 0.3) is 0 Å². The van der Waals surface area contributed by atoms with Gasteiger partial charge in [-0.15, -0.1) is 0 Å². The molecule has 1 atom stereocenters. The van der Waals surface area contributed by atoms with Gasteiger partial charge in [0, 0.05) is 0 Å². The molecule has 0 radical (unpaired) electrons. The van der Waals surface area contributed by atoms with E-state index in [0.29, 0.717) is 0 Å². The molecule has 0 spiro atoms. The molecule has 3 heteroatoms. The number of hydrogen-bond donors (Lipinski definition) is 1. The van der Waals surface area contributed by atoms with Crippen molar-refractivity contribution in [1.82, 2.24) is 5.32 Å². The maximum atomic E-state index is 13.2. The molecule has 1 aromatic heterocycles. The van der Waals surface area contributed by atoms with Crippen LogP contribution in [0.5, 0.6) is 0 Å². The van der Waals surface area contributed by atoms with Gasteiger partial charge in [-0.1, -0.05) is 13.0 Å². The highest BCUT2D eigenvalue weighted by atomic mass is 19.1. The summed E-state index contributed by atoms with van der Waals surface area (Å²) in [6.45, 7) is 6.97. The third kappa shape index (κ3) is 3.70. The molecular weight excluding hydrogens is 253 g/mol. The number of aryl methyl sites for hydroxylation is 2. The summed E-state index contributed by atoms with van der Waals surface area (Å²) >= 11 is 0. The molecule has 1 heterocycles. The molecule has 108 valence electrons. The second kappa shape index (κ2) is 6.71. The number of furan rings is 1. The van der Waals surface area contributed by atoms with Crippen molar-refractivity contribution < 1.29 is 8.81 Å². The summed E-state index contributed by atoms with van der Waals surface area (Å²) in [4.78, 5) is 0. The molecule has 0 fully saturated rings. The minimum Gasteiger partial charge on any atom is -0.465 e. The van der Waals surface area contributed by atoms with Crippen LogP contribution in [-0.2, 0) is 6.42 Å². The Hall–Kier alpha value is -1.61. The van der Waals surface area contributed by atoms with Crippen molar-refractivity contribution >= 4 is 0 Å². The molecule has 0 aliphatic heterocycles. The fourth-order valence-corrected chi connectivity index (χ4v) is 2.34. The maximum absolute atomic E-state index is 13.2. The molecule has 0 aliphatic rings. The molecule has 2 nitrogen and oxygen atoms in total. The third-order valence-corrected chi connectivity index (χ3v) is 3.47. The first kappa shape index (κ1) is 14.8. The zero-order chi connectivity index (χ0) is 14.5. The highest BCUT2D eigenvalue weighted by molar-refractivity contribution is 5.28. The highest BCUT2D eigenvalue weighted by Crippen LogP contribution is 2.23. The molecule has 2 rings (SSSR count). The predicted molar refractivity (Wildman–Crippen MR) is 79.3 cm³/mol. The van der Waals surface area contributed by atoms with Crippen LogP contribution in [0.1, 0.15) is 42.0 Å². The zero-order valence-electron chi connectivity index (χ0n) is 12.4. The van der Waals surface area contributed by atoms with E-state index in [2.05, 4.69) is 12.2 Å². The van der Waals surface area contributed by atoms with E-state index in [1.54, 1.807) is 6.07 Å². The summed E-state index contributed by atoms with van der Waals surface area (Å²) in [5, 5.41) is 3.50. The van der Waals surface area contributed by atoms with E-state index < -0.39 is 0 Å². The van der Waals surface area contributed by atoms with Gasteiger partial charge in [-0.05, 0) is 68.6 Å². The SMILES string of the molecule is CCCNC(Cc1ccc(F)cc1C)c1ccc(C)o1. The summed E-state index contributed by atoms with van der Waals surface area (Å²) in [6.07, 6.45) is 1.87. The van der Waals surface area contributed by atoms with Crippen LogP contribution in [0.3, 0.4) is 0 Å². The van der Waals surface area contributed by atoms with Gasteiger partial charge in [0.05, 0.1) is 6.04 Å². The van der Waals surface area contributed by atoms with Crippen molar-refractivity contribution in [1.29, 1.82) is 0 Å². The Labute approximate surface area is 120 Å². The zero-order valence-corrected chi connectivity index (χ0v) is 12.4. The lowest BCUT2D eigenvalue weighted by Gasteiger charge is -2.17. The number of benzene rings is 1. The molecule has 0 bridgehead atoms. The Morgan fingerprint density at radius 1 is 1.20 bits per heavy atom. The normalized spacial score (nSPS) is 12.6. The van der Waals surface area contributed by atoms with Crippen LogP contribution in [0.4, 0.5) is 4.39 Å². The number of hydrogen-bond acceptors (Lipinski definition) is 2. The lowest BCUT2D eigenvalue weighted by Crippen LogP contribution is -2.24. The van der Waals surface area contributed by atoms with Gasteiger partial charge in [0.15, 0.2) is 0 Å². The van der Waals surface area contributed by atoms with Crippen molar-refractivity contribution in [3.8, 4) is 0 Å². The van der Waals surface area contributed by atoms with Crippen LogP contribution in [-0.4, -0.2) is 6.54 Å². The van der Waals surface area contributed by atoms with Crippen LogP contribution >= 0.6 is 0 Å². The van der Waals surface area contributed by atoms with Crippen LogP contribution in [0, 0.1) is 19.7 Å². The van der Waals surface area contributed by atoms with Gasteiger partial charge in [-0.2, -0.15) is 0 Å². The van der Waals surface area contributed by atoms with E-state index in [4.69, 9.17) is 4.42 Å². The van der Waals surface area contributed by atoms with Gasteiger partial charge in [0.2, 0.25) is 0 Å². The Morgan fingerprint density at radius 2 is 2.00 bits per heavy atom. The van der Waals surface area contributed by atoms with Crippen molar-refractivity contribution in [2.75, 3.05) is 6.54 Å². The van der Waals surface area contributed by atoms with E-state index in [1.807, 2.05) is 32.0 Å². The van der Waals surface area contributed by atoms with Crippen LogP contribution < -0.4 is 5.32 Å². The second-order valence-corrected chi connectivity index (χ2v) is 5.23. The fourth-order valence-electron chi connectivity index (χ4n) is 2.34. The number of nitrogens with one attached hydrogen (secondary N) is 1. The highest BCUT2D eigenvalue weighted by Gasteiger charge is 2.16. The van der Waals surface area contributed by atoms with Gasteiger partial charge >= 0.3 is 0 Å². The second-order valence-electron chi connectivity index (χ2n) is 5.23. The first-order chi connectivity index (χ1) is 9.60. The largest absolute Gasteiger partial charge is 0.465 e. The molecule has 20 heavy (non-hydrogen) atoms. The van der Waals surface area contributed by atoms with E-state index in [0.717, 1.165) is 42.0 Å². The fraction of sp³-hybridized carbons (Fsp3) is 0.412. The minimum absolute atomic E-state index is 0.132. The van der Waals surface area contributed by atoms with Gasteiger partial charge < -0.3 is 9.73 Å². The predicted octanol–water partition coefficient (Wildman–Crippen LogP) is 4.32. The topological polar surface area (TPSA) is 25.2 Å². The molecule has 0 saturated carbocycles. The van der Waals surface area contributed by atoms with Crippen molar-refractivity contribution in [2.24, 2.45) is 0 Å². The molecule has 0 amide bonds. The number of halogens is 1. The molecule has 0 aliphatic carbocycles. The smallest absolute Gasteiger partial charge is 0.123 e. The lowest BCUT2D eigenvalue weighted by molar-refractivity contribution is 0.398. The van der Waals surface area contributed by atoms with Crippen LogP contribution in [0.2, 0.25) is 0 Å². The Kier molecular flexibility index (Phi) is 4.96. The Morgan fingerprint density at radius 3 is 2.60 bits per heavy atom. The van der Waals surface area contributed by atoms with E-state index in [9.17, 15) is 4.39 Å². The summed E-state index contributed by atoms with van der Waals surface area (Å²) in [6, 6.07) is 9.09. The third-order valence-electron chi connectivity index (χ3n) is 3.47. The molecular formula is C17H22FNO. The van der Waals surface area contributed by atoms with Crippen molar-refractivity contribution in [3.05, 3.63) is 58.8 Å². The average molecular weight is 275 g/mol. The quantitative estimate of drug-likeness (QED) is 0.849. The van der Waals surface area contributed by atoms with Gasteiger partial charge in [0.1, 0.15) is 17.3 Å². The monoisotopic (exact) mass is 275 g/mol. The van der Waals surface area contributed by atoms with Gasteiger partial charge in [-0.3, -0.25) is 0 Å². The Balaban J connectivity index is 2.18. The first-order valence-corrected chi connectivity index (χ1v) is 7.15. The first-order valence-electron chi connectivity index (χ1n) is 7.15. The molecule has 0 saturated heterocycles. The van der Waals surface area contributed by atoms with Gasteiger partial charge in [0.25, 0.3) is 0 Å². The van der Waals surface area contributed by atoms with E-state index in [1.165, 1.54) is 6.07 Å². The van der Waals surface area contributed by atoms with E-state index in [-0.39, 0.29) is 11.9 Å². The summed E-state index contributed by atoms with van der Waals surface area (Å²) in [5.41, 5.74) is 2.13. The molecule has 1 aromatic carbocycles. The Bertz CT molecular complexity index is 562. The summed E-state index contributed by atoms with van der Waals surface area (Å²) in [5.74, 6) is 1.68. The lowest BCUT2D eigenvalue weighted by atomic mass is 9.99. The minimum atomic E-state index is -0.182. The maximum Gasteiger partial charge on any atom is 0.123 e. The number of rotatable bonds is 6. The molecule has 1 N–H and O–H groups in total. The average Bonchev–Trinajstić information content (AvgIpc) is 2.83. The standard InChI is InChI=1S/C17H22FNO/c1-4-9-19-16(17-8-5-13(3)20-17)11-14-6-7-15(18)10-12(14)2/h5-8,10,16,19H,4,9,11H2,1-3H3. The van der Waals surface area contributed by atoms with Gasteiger partial charge in [-0.25, -0.2) is 4.39 Å². The summed E-state index contributed by atoms with van der Waals surface area (Å²) < 4.78 is 18.9.